The van der Waals surface area contributed by atoms with E-state index in [4.69, 9.17) is 4.74 Å². The van der Waals surface area contributed by atoms with Gasteiger partial charge >= 0.3 is 0 Å². The summed E-state index contributed by atoms with van der Waals surface area (Å²) in [7, 11) is 0. The molecule has 0 saturated carbocycles. The van der Waals surface area contributed by atoms with Crippen molar-refractivity contribution in [2.24, 2.45) is 5.41 Å². The van der Waals surface area contributed by atoms with Crippen molar-refractivity contribution in [1.82, 2.24) is 9.88 Å². The minimum atomic E-state index is 0.00395. The average Bonchev–Trinajstić information content (AvgIpc) is 3.41. The second-order valence-electron chi connectivity index (χ2n) is 8.86. The van der Waals surface area contributed by atoms with Crippen LogP contribution in [0.1, 0.15) is 55.7 Å². The third-order valence-electron chi connectivity index (χ3n) is 6.86. The van der Waals surface area contributed by atoms with E-state index in [1.165, 1.54) is 42.5 Å². The first-order valence-corrected chi connectivity index (χ1v) is 11.2. The van der Waals surface area contributed by atoms with E-state index < -0.39 is 0 Å². The van der Waals surface area contributed by atoms with Gasteiger partial charge in [-0.05, 0) is 82.5 Å². The van der Waals surface area contributed by atoms with Crippen LogP contribution in [0.5, 0.6) is 0 Å². The number of aromatic nitrogens is 1. The molecule has 2 aliphatic heterocycles. The Hall–Kier alpha value is -1.23. The Kier molecular flexibility index (Phi) is 5.41. The Labute approximate surface area is 167 Å². The molecular formula is C23H32N2OS. The van der Waals surface area contributed by atoms with Gasteiger partial charge in [0.15, 0.2) is 0 Å². The highest BCUT2D eigenvalue weighted by Crippen LogP contribution is 2.47. The fraction of sp³-hybridized carbons (Fsp3) is 0.609. The van der Waals surface area contributed by atoms with Crippen LogP contribution < -0.4 is 0 Å². The number of aryl methyl sites for hydroxylation is 2. The zero-order chi connectivity index (χ0) is 18.9. The molecule has 0 aromatic carbocycles. The molecule has 0 bridgehead atoms. The molecule has 27 heavy (non-hydrogen) atoms. The molecule has 0 aliphatic carbocycles. The number of hydrogen-bond donors (Lipinski definition) is 0. The normalized spacial score (nSPS) is 26.7. The van der Waals surface area contributed by atoms with Gasteiger partial charge in [0.1, 0.15) is 0 Å². The lowest BCUT2D eigenvalue weighted by Crippen LogP contribution is -2.44. The fourth-order valence-corrected chi connectivity index (χ4v) is 5.61. The highest BCUT2D eigenvalue weighted by atomic mass is 32.1. The Bertz CT molecular complexity index is 734. The monoisotopic (exact) mass is 384 g/mol. The second-order valence-corrected chi connectivity index (χ2v) is 9.89. The Morgan fingerprint density at radius 2 is 2.22 bits per heavy atom. The summed E-state index contributed by atoms with van der Waals surface area (Å²) in [6.45, 7) is 9.97. The third-order valence-corrected chi connectivity index (χ3v) is 7.79. The lowest BCUT2D eigenvalue weighted by Gasteiger charge is -2.40. The van der Waals surface area contributed by atoms with E-state index in [0.29, 0.717) is 6.10 Å². The van der Waals surface area contributed by atoms with E-state index >= 15 is 0 Å². The molecular weight excluding hydrogens is 352 g/mol. The molecule has 2 aliphatic rings. The van der Waals surface area contributed by atoms with Crippen LogP contribution in [0.2, 0.25) is 0 Å². The smallest absolute Gasteiger partial charge is 0.0645 e. The van der Waals surface area contributed by atoms with Crippen molar-refractivity contribution in [2.45, 2.75) is 64.5 Å². The Morgan fingerprint density at radius 1 is 1.33 bits per heavy atom. The molecule has 2 atom stereocenters. The summed E-state index contributed by atoms with van der Waals surface area (Å²) in [6.07, 6.45) is 8.59. The molecule has 2 aromatic heterocycles. The average molecular weight is 385 g/mol. The zero-order valence-electron chi connectivity index (χ0n) is 16.9. The largest absolute Gasteiger partial charge is 0.378 e. The molecule has 146 valence electrons. The topological polar surface area (TPSA) is 25.4 Å². The third kappa shape index (κ3) is 3.85. The predicted molar refractivity (Wildman–Crippen MR) is 112 cm³/mol. The molecule has 0 N–H and O–H groups in total. The minimum Gasteiger partial charge on any atom is -0.378 e. The lowest BCUT2D eigenvalue weighted by atomic mass is 9.75. The Morgan fingerprint density at radius 3 is 2.89 bits per heavy atom. The van der Waals surface area contributed by atoms with Crippen LogP contribution in [0.15, 0.2) is 35.8 Å². The van der Waals surface area contributed by atoms with E-state index in [1.807, 2.05) is 11.3 Å². The molecule has 2 saturated heterocycles. The highest BCUT2D eigenvalue weighted by molar-refractivity contribution is 7.09. The standard InChI is InChI=1S/C23H32N2OS/c1-18-8-9-19(16-24-18)22(2,3)25-13-12-23(17-25,21-7-4-14-26-21)11-10-20-6-5-15-27-20/h5-6,8-9,15-16,21H,4,7,10-14,17H2,1-3H3/t21-,23+/m0/s1. The van der Waals surface area contributed by atoms with Crippen molar-refractivity contribution in [3.63, 3.8) is 0 Å². The SMILES string of the molecule is Cc1ccc(C(C)(C)N2CC[C@@](CCc3cccs3)([C@@H]3CCCO3)C2)cn1. The zero-order valence-corrected chi connectivity index (χ0v) is 17.7. The van der Waals surface area contributed by atoms with Crippen molar-refractivity contribution in [3.05, 3.63) is 52.0 Å². The van der Waals surface area contributed by atoms with E-state index in [2.05, 4.69) is 66.5 Å². The quantitative estimate of drug-likeness (QED) is 0.685. The summed E-state index contributed by atoms with van der Waals surface area (Å²) < 4.78 is 6.26. The van der Waals surface area contributed by atoms with E-state index in [0.717, 1.165) is 25.4 Å². The van der Waals surface area contributed by atoms with E-state index in [1.54, 1.807) is 0 Å². The molecule has 3 nitrogen and oxygen atoms in total. The number of likely N-dealkylation sites (tertiary alicyclic amines) is 1. The number of ether oxygens (including phenoxy) is 1. The van der Waals surface area contributed by atoms with Crippen LogP contribution >= 0.6 is 11.3 Å². The maximum Gasteiger partial charge on any atom is 0.0645 e. The molecule has 2 aromatic rings. The first-order valence-electron chi connectivity index (χ1n) is 10.3. The van der Waals surface area contributed by atoms with Gasteiger partial charge in [-0.2, -0.15) is 0 Å². The minimum absolute atomic E-state index is 0.00395. The molecule has 0 amide bonds. The van der Waals surface area contributed by atoms with Crippen LogP contribution in [0, 0.1) is 12.3 Å². The lowest BCUT2D eigenvalue weighted by molar-refractivity contribution is -0.00823. The van der Waals surface area contributed by atoms with Gasteiger partial charge in [-0.25, -0.2) is 0 Å². The molecule has 0 radical (unpaired) electrons. The number of pyridine rings is 1. The summed E-state index contributed by atoms with van der Waals surface area (Å²) in [4.78, 5) is 8.73. The van der Waals surface area contributed by atoms with Gasteiger partial charge in [-0.3, -0.25) is 9.88 Å². The molecule has 4 heteroatoms. The van der Waals surface area contributed by atoms with Gasteiger partial charge < -0.3 is 4.74 Å². The fourth-order valence-electron chi connectivity index (χ4n) is 4.90. The summed E-state index contributed by atoms with van der Waals surface area (Å²) in [5.74, 6) is 0. The van der Waals surface area contributed by atoms with Crippen LogP contribution in [0.4, 0.5) is 0 Å². The van der Waals surface area contributed by atoms with Crippen LogP contribution in [-0.2, 0) is 16.7 Å². The summed E-state index contributed by atoms with van der Waals surface area (Å²) in [5, 5.41) is 2.20. The van der Waals surface area contributed by atoms with Gasteiger partial charge in [0, 0.05) is 40.9 Å². The van der Waals surface area contributed by atoms with Gasteiger partial charge in [-0.1, -0.05) is 12.1 Å². The van der Waals surface area contributed by atoms with Crippen LogP contribution in [0.25, 0.3) is 0 Å². The highest BCUT2D eigenvalue weighted by Gasteiger charge is 2.49. The second kappa shape index (κ2) is 7.65. The molecule has 2 fully saturated rings. The maximum absolute atomic E-state index is 6.26. The number of hydrogen-bond acceptors (Lipinski definition) is 4. The summed E-state index contributed by atoms with van der Waals surface area (Å²) in [6, 6.07) is 8.84. The first kappa shape index (κ1) is 19.1. The molecule has 4 rings (SSSR count). The number of rotatable bonds is 6. The van der Waals surface area contributed by atoms with Crippen molar-refractivity contribution in [1.29, 1.82) is 0 Å². The van der Waals surface area contributed by atoms with Crippen molar-refractivity contribution in [2.75, 3.05) is 19.7 Å². The van der Waals surface area contributed by atoms with Gasteiger partial charge in [0.2, 0.25) is 0 Å². The number of thiophene rings is 1. The van der Waals surface area contributed by atoms with Gasteiger partial charge in [-0.15, -0.1) is 11.3 Å². The predicted octanol–water partition coefficient (Wildman–Crippen LogP) is 5.19. The van der Waals surface area contributed by atoms with Crippen molar-refractivity contribution in [3.8, 4) is 0 Å². The summed E-state index contributed by atoms with van der Waals surface area (Å²) in [5.41, 5.74) is 2.69. The van der Waals surface area contributed by atoms with Gasteiger partial charge in [0.05, 0.1) is 6.10 Å². The molecule has 4 heterocycles. The van der Waals surface area contributed by atoms with Crippen molar-refractivity contribution < 1.29 is 4.74 Å². The van der Waals surface area contributed by atoms with E-state index in [9.17, 15) is 0 Å². The molecule has 0 unspecified atom stereocenters. The van der Waals surface area contributed by atoms with Gasteiger partial charge in [0.25, 0.3) is 0 Å². The van der Waals surface area contributed by atoms with E-state index in [-0.39, 0.29) is 11.0 Å². The summed E-state index contributed by atoms with van der Waals surface area (Å²) >= 11 is 1.89. The van der Waals surface area contributed by atoms with Crippen molar-refractivity contribution >= 4 is 11.3 Å². The first-order chi connectivity index (χ1) is 13.0. The Balaban J connectivity index is 1.54. The van der Waals surface area contributed by atoms with Crippen LogP contribution in [-0.4, -0.2) is 35.7 Å². The molecule has 0 spiro atoms. The number of nitrogens with zero attached hydrogens (tertiary/aromatic N) is 2. The maximum atomic E-state index is 6.26. The van der Waals surface area contributed by atoms with Crippen LogP contribution in [0.3, 0.4) is 0 Å².